The van der Waals surface area contributed by atoms with Gasteiger partial charge in [-0.25, -0.2) is 0 Å². The van der Waals surface area contributed by atoms with Crippen LogP contribution in [0.1, 0.15) is 16.1 Å². The summed E-state index contributed by atoms with van der Waals surface area (Å²) in [5.41, 5.74) is -0.525. The summed E-state index contributed by atoms with van der Waals surface area (Å²) in [6.07, 6.45) is -3.96. The molecular formula is C12H6BrF3O2. The maximum atomic E-state index is 12.7. The van der Waals surface area contributed by atoms with Crippen molar-refractivity contribution in [3.63, 3.8) is 0 Å². The van der Waals surface area contributed by atoms with Crippen LogP contribution in [0.4, 0.5) is 13.2 Å². The van der Waals surface area contributed by atoms with Gasteiger partial charge in [0.2, 0.25) is 0 Å². The lowest BCUT2D eigenvalue weighted by Gasteiger charge is -2.10. The van der Waals surface area contributed by atoms with Crippen LogP contribution < -0.4 is 0 Å². The first-order valence-electron chi connectivity index (χ1n) is 4.84. The number of hydrogen-bond acceptors (Lipinski definition) is 2. The Bertz CT molecular complexity index is 587. The van der Waals surface area contributed by atoms with Crippen LogP contribution in [0.2, 0.25) is 0 Å². The van der Waals surface area contributed by atoms with Gasteiger partial charge in [-0.05, 0) is 24.3 Å². The Morgan fingerprint density at radius 1 is 1.17 bits per heavy atom. The molecule has 0 spiro atoms. The van der Waals surface area contributed by atoms with Gasteiger partial charge in [0, 0.05) is 10.0 Å². The van der Waals surface area contributed by atoms with E-state index in [1.165, 1.54) is 24.3 Å². The Morgan fingerprint density at radius 2 is 1.89 bits per heavy atom. The molecule has 0 fully saturated rings. The van der Waals surface area contributed by atoms with Gasteiger partial charge in [0.25, 0.3) is 0 Å². The minimum atomic E-state index is -4.45. The van der Waals surface area contributed by atoms with Crippen LogP contribution in [0, 0.1) is 0 Å². The van der Waals surface area contributed by atoms with Crippen LogP contribution in [0.3, 0.4) is 0 Å². The summed E-state index contributed by atoms with van der Waals surface area (Å²) < 4.78 is 43.1. The lowest BCUT2D eigenvalue weighted by Crippen LogP contribution is -2.05. The van der Waals surface area contributed by atoms with Gasteiger partial charge in [-0.2, -0.15) is 13.2 Å². The fraction of sp³-hybridized carbons (Fsp3) is 0.0833. The quantitative estimate of drug-likeness (QED) is 0.761. The summed E-state index contributed by atoms with van der Waals surface area (Å²) >= 11 is 2.85. The zero-order valence-corrected chi connectivity index (χ0v) is 10.4. The third-order valence-electron chi connectivity index (χ3n) is 2.30. The second-order valence-corrected chi connectivity index (χ2v) is 4.37. The van der Waals surface area contributed by atoms with Gasteiger partial charge in [0.15, 0.2) is 12.0 Å². The number of aldehydes is 1. The van der Waals surface area contributed by atoms with Gasteiger partial charge in [-0.3, -0.25) is 4.79 Å². The van der Waals surface area contributed by atoms with Crippen LogP contribution in [0.5, 0.6) is 0 Å². The lowest BCUT2D eigenvalue weighted by molar-refractivity contribution is -0.138. The number of alkyl halides is 3. The topological polar surface area (TPSA) is 30.2 Å². The minimum Gasteiger partial charge on any atom is -0.453 e. The van der Waals surface area contributed by atoms with Crippen molar-refractivity contribution in [3.8, 4) is 11.3 Å². The maximum absolute atomic E-state index is 12.7. The molecule has 2 aromatic rings. The SMILES string of the molecule is O=Cc1ccc(-c2ccc(Br)c(C(F)(F)F)c2)o1. The molecule has 94 valence electrons. The van der Waals surface area contributed by atoms with Crippen LogP contribution >= 0.6 is 15.9 Å². The summed E-state index contributed by atoms with van der Waals surface area (Å²) in [6, 6.07) is 6.59. The monoisotopic (exact) mass is 318 g/mol. The number of rotatable bonds is 2. The maximum Gasteiger partial charge on any atom is 0.417 e. The average Bonchev–Trinajstić information content (AvgIpc) is 2.76. The summed E-state index contributed by atoms with van der Waals surface area (Å²) in [4.78, 5) is 10.5. The van der Waals surface area contributed by atoms with Crippen molar-refractivity contribution in [1.29, 1.82) is 0 Å². The zero-order chi connectivity index (χ0) is 13.3. The first-order chi connectivity index (χ1) is 8.41. The van der Waals surface area contributed by atoms with Gasteiger partial charge in [-0.1, -0.05) is 22.0 Å². The van der Waals surface area contributed by atoms with E-state index in [0.29, 0.717) is 6.29 Å². The Kier molecular flexibility index (Phi) is 3.30. The van der Waals surface area contributed by atoms with Gasteiger partial charge >= 0.3 is 6.18 Å². The molecule has 0 aliphatic heterocycles. The van der Waals surface area contributed by atoms with Crippen molar-refractivity contribution in [2.75, 3.05) is 0 Å². The molecule has 0 saturated heterocycles. The molecule has 18 heavy (non-hydrogen) atoms. The molecular weight excluding hydrogens is 313 g/mol. The smallest absolute Gasteiger partial charge is 0.417 e. The summed E-state index contributed by atoms with van der Waals surface area (Å²) in [7, 11) is 0. The van der Waals surface area contributed by atoms with E-state index in [4.69, 9.17) is 4.42 Å². The predicted octanol–water partition coefficient (Wildman–Crippen LogP) is 4.54. The molecule has 0 N–H and O–H groups in total. The van der Waals surface area contributed by atoms with Crippen molar-refractivity contribution in [3.05, 3.63) is 46.1 Å². The number of hydrogen-bond donors (Lipinski definition) is 0. The van der Waals surface area contributed by atoms with Crippen molar-refractivity contribution in [2.45, 2.75) is 6.18 Å². The highest BCUT2D eigenvalue weighted by atomic mass is 79.9. The first-order valence-corrected chi connectivity index (χ1v) is 5.63. The Balaban J connectivity index is 2.50. The van der Waals surface area contributed by atoms with E-state index in [1.807, 2.05) is 0 Å². The number of halogens is 4. The van der Waals surface area contributed by atoms with E-state index in [-0.39, 0.29) is 21.6 Å². The highest BCUT2D eigenvalue weighted by molar-refractivity contribution is 9.10. The molecule has 0 aliphatic carbocycles. The van der Waals surface area contributed by atoms with E-state index < -0.39 is 11.7 Å². The van der Waals surface area contributed by atoms with E-state index in [1.54, 1.807) is 0 Å². The predicted molar refractivity (Wildman–Crippen MR) is 62.2 cm³/mol. The second kappa shape index (κ2) is 4.61. The van der Waals surface area contributed by atoms with Gasteiger partial charge in [0.05, 0.1) is 5.56 Å². The van der Waals surface area contributed by atoms with Gasteiger partial charge in [0.1, 0.15) is 5.76 Å². The number of furan rings is 1. The zero-order valence-electron chi connectivity index (χ0n) is 8.79. The van der Waals surface area contributed by atoms with Crippen molar-refractivity contribution in [1.82, 2.24) is 0 Å². The first kappa shape index (κ1) is 12.9. The summed E-state index contributed by atoms with van der Waals surface area (Å²) in [5.74, 6) is 0.288. The van der Waals surface area contributed by atoms with Gasteiger partial charge in [-0.15, -0.1) is 0 Å². The van der Waals surface area contributed by atoms with Crippen LogP contribution in [0.15, 0.2) is 39.2 Å². The molecule has 0 saturated carbocycles. The second-order valence-electron chi connectivity index (χ2n) is 3.51. The van der Waals surface area contributed by atoms with Crippen molar-refractivity contribution < 1.29 is 22.4 Å². The highest BCUT2D eigenvalue weighted by Crippen LogP contribution is 2.37. The molecule has 0 atom stereocenters. The summed E-state index contributed by atoms with van der Waals surface area (Å²) in [6.45, 7) is 0. The molecule has 1 aromatic carbocycles. The summed E-state index contributed by atoms with van der Waals surface area (Å²) in [5, 5.41) is 0. The third-order valence-corrected chi connectivity index (χ3v) is 2.99. The Labute approximate surface area is 109 Å². The molecule has 1 aromatic heterocycles. The van der Waals surface area contributed by atoms with E-state index in [0.717, 1.165) is 6.07 Å². The molecule has 0 bridgehead atoms. The number of carbonyl (C=O) groups is 1. The largest absolute Gasteiger partial charge is 0.453 e. The molecule has 0 unspecified atom stereocenters. The Hall–Kier alpha value is -1.56. The normalized spacial score (nSPS) is 11.6. The molecule has 2 rings (SSSR count). The van der Waals surface area contributed by atoms with Crippen LogP contribution in [-0.4, -0.2) is 6.29 Å². The average molecular weight is 319 g/mol. The number of carbonyl (C=O) groups excluding carboxylic acids is 1. The minimum absolute atomic E-state index is 0.0408. The molecule has 0 amide bonds. The molecule has 6 heteroatoms. The highest BCUT2D eigenvalue weighted by Gasteiger charge is 2.33. The van der Waals surface area contributed by atoms with Crippen LogP contribution in [-0.2, 0) is 6.18 Å². The van der Waals surface area contributed by atoms with Crippen molar-refractivity contribution in [2.24, 2.45) is 0 Å². The van der Waals surface area contributed by atoms with E-state index in [2.05, 4.69) is 15.9 Å². The molecule has 1 heterocycles. The standard InChI is InChI=1S/C12H6BrF3O2/c13-10-3-1-7(5-9(10)12(14,15)16)11-4-2-8(6-17)18-11/h1-6H. The fourth-order valence-corrected chi connectivity index (χ4v) is 1.94. The van der Waals surface area contributed by atoms with E-state index in [9.17, 15) is 18.0 Å². The molecule has 0 aliphatic rings. The van der Waals surface area contributed by atoms with Gasteiger partial charge < -0.3 is 4.42 Å². The molecule has 0 radical (unpaired) electrons. The molecule has 2 nitrogen and oxygen atoms in total. The third kappa shape index (κ3) is 2.48. The number of benzene rings is 1. The lowest BCUT2D eigenvalue weighted by atomic mass is 10.1. The van der Waals surface area contributed by atoms with E-state index >= 15 is 0 Å². The van der Waals surface area contributed by atoms with Crippen molar-refractivity contribution >= 4 is 22.2 Å². The Morgan fingerprint density at radius 3 is 2.44 bits per heavy atom. The fourth-order valence-electron chi connectivity index (χ4n) is 1.47. The van der Waals surface area contributed by atoms with Crippen LogP contribution in [0.25, 0.3) is 11.3 Å².